The summed E-state index contributed by atoms with van der Waals surface area (Å²) >= 11 is 1.61. The Balaban J connectivity index is 2.03. The van der Waals surface area contributed by atoms with Gasteiger partial charge in [-0.3, -0.25) is 0 Å². The van der Waals surface area contributed by atoms with Gasteiger partial charge in [-0.25, -0.2) is 4.98 Å². The van der Waals surface area contributed by atoms with E-state index in [1.165, 1.54) is 0 Å². The third kappa shape index (κ3) is 2.07. The Kier molecular flexibility index (Phi) is 2.93. The van der Waals surface area contributed by atoms with E-state index in [1.54, 1.807) is 11.3 Å². The van der Waals surface area contributed by atoms with Gasteiger partial charge in [0, 0.05) is 25.0 Å². The molecule has 1 aliphatic rings. The van der Waals surface area contributed by atoms with Crippen LogP contribution >= 0.6 is 11.3 Å². The molecule has 0 radical (unpaired) electrons. The van der Waals surface area contributed by atoms with E-state index in [2.05, 4.69) is 4.98 Å². The quantitative estimate of drug-likeness (QED) is 0.802. The molecular weight excluding hydrogens is 186 g/mol. The highest BCUT2D eigenvalue weighted by molar-refractivity contribution is 7.09. The van der Waals surface area contributed by atoms with E-state index in [0.717, 1.165) is 30.2 Å². The number of rotatable bonds is 3. The fourth-order valence-electron chi connectivity index (χ4n) is 1.49. The van der Waals surface area contributed by atoms with Crippen LogP contribution in [0.15, 0.2) is 5.38 Å². The van der Waals surface area contributed by atoms with Crippen LogP contribution in [0.3, 0.4) is 0 Å². The Bertz CT molecular complexity index is 268. The predicted molar refractivity (Wildman–Crippen MR) is 50.8 cm³/mol. The summed E-state index contributed by atoms with van der Waals surface area (Å²) in [5.41, 5.74) is 1.05. The maximum Gasteiger partial charge on any atom is 0.100 e. The molecule has 1 atom stereocenters. The van der Waals surface area contributed by atoms with Gasteiger partial charge in [0.15, 0.2) is 0 Å². The molecule has 1 aromatic heterocycles. The molecule has 0 aliphatic carbocycles. The first kappa shape index (κ1) is 9.12. The van der Waals surface area contributed by atoms with Crippen LogP contribution in [0.5, 0.6) is 0 Å². The van der Waals surface area contributed by atoms with E-state index >= 15 is 0 Å². The normalized spacial score (nSPS) is 22.4. The first-order valence-electron chi connectivity index (χ1n) is 4.57. The lowest BCUT2D eigenvalue weighted by molar-refractivity contribution is 0.109. The average Bonchev–Trinajstić information content (AvgIpc) is 2.70. The second-order valence-corrected chi connectivity index (χ2v) is 4.08. The Morgan fingerprint density at radius 2 is 2.62 bits per heavy atom. The number of aromatic nitrogens is 1. The van der Waals surface area contributed by atoms with Gasteiger partial charge in [0.05, 0.1) is 10.7 Å². The van der Waals surface area contributed by atoms with Crippen molar-refractivity contribution in [1.29, 1.82) is 0 Å². The summed E-state index contributed by atoms with van der Waals surface area (Å²) in [5.74, 6) is 0. The van der Waals surface area contributed by atoms with Crippen LogP contribution in [0, 0.1) is 0 Å². The van der Waals surface area contributed by atoms with Crippen molar-refractivity contribution in [3.63, 3.8) is 0 Å². The van der Waals surface area contributed by atoms with Gasteiger partial charge < -0.3 is 9.84 Å². The standard InChI is InChI=1S/C9H13NO2S/c11-4-3-9-10-7(6-13-9)8-2-1-5-12-8/h6,8,11H,1-5H2. The van der Waals surface area contributed by atoms with Crippen LogP contribution in [0.25, 0.3) is 0 Å². The van der Waals surface area contributed by atoms with Crippen molar-refractivity contribution < 1.29 is 9.84 Å². The third-order valence-corrected chi connectivity index (χ3v) is 3.08. The lowest BCUT2D eigenvalue weighted by Crippen LogP contribution is -1.97. The van der Waals surface area contributed by atoms with Crippen LogP contribution in [-0.2, 0) is 11.2 Å². The van der Waals surface area contributed by atoms with Gasteiger partial charge >= 0.3 is 0 Å². The van der Waals surface area contributed by atoms with E-state index in [1.807, 2.05) is 5.38 Å². The SMILES string of the molecule is OCCc1nc(C2CCCO2)cs1. The van der Waals surface area contributed by atoms with Crippen LogP contribution in [0.1, 0.15) is 29.6 Å². The first-order valence-corrected chi connectivity index (χ1v) is 5.45. The van der Waals surface area contributed by atoms with Crippen molar-refractivity contribution in [3.8, 4) is 0 Å². The molecule has 1 saturated heterocycles. The minimum Gasteiger partial charge on any atom is -0.396 e. The minimum atomic E-state index is 0.179. The second-order valence-electron chi connectivity index (χ2n) is 3.14. The Hall–Kier alpha value is -0.450. The summed E-state index contributed by atoms with van der Waals surface area (Å²) in [4.78, 5) is 4.42. The zero-order chi connectivity index (χ0) is 9.10. The molecule has 0 amide bonds. The molecule has 1 unspecified atom stereocenters. The fraction of sp³-hybridized carbons (Fsp3) is 0.667. The highest BCUT2D eigenvalue weighted by Crippen LogP contribution is 2.29. The van der Waals surface area contributed by atoms with Gasteiger partial charge in [0.25, 0.3) is 0 Å². The number of aliphatic hydroxyl groups excluding tert-OH is 1. The lowest BCUT2D eigenvalue weighted by atomic mass is 10.2. The first-order chi connectivity index (χ1) is 6.40. The minimum absolute atomic E-state index is 0.179. The maximum atomic E-state index is 8.73. The third-order valence-electron chi connectivity index (χ3n) is 2.15. The summed E-state index contributed by atoms with van der Waals surface area (Å²) in [6.45, 7) is 1.04. The Morgan fingerprint density at radius 3 is 3.31 bits per heavy atom. The largest absolute Gasteiger partial charge is 0.396 e. The lowest BCUT2D eigenvalue weighted by Gasteiger charge is -2.03. The monoisotopic (exact) mass is 199 g/mol. The van der Waals surface area contributed by atoms with E-state index in [9.17, 15) is 0 Å². The van der Waals surface area contributed by atoms with E-state index in [0.29, 0.717) is 6.42 Å². The van der Waals surface area contributed by atoms with Gasteiger partial charge in [-0.15, -0.1) is 11.3 Å². The molecular formula is C9H13NO2S. The van der Waals surface area contributed by atoms with Crippen LogP contribution in [0.2, 0.25) is 0 Å². The van der Waals surface area contributed by atoms with Crippen molar-refractivity contribution in [2.24, 2.45) is 0 Å². The zero-order valence-electron chi connectivity index (χ0n) is 7.40. The molecule has 4 heteroatoms. The number of nitrogens with zero attached hydrogens (tertiary/aromatic N) is 1. The van der Waals surface area contributed by atoms with Gasteiger partial charge in [-0.05, 0) is 12.8 Å². The molecule has 3 nitrogen and oxygen atoms in total. The molecule has 0 aromatic carbocycles. The Morgan fingerprint density at radius 1 is 1.69 bits per heavy atom. The van der Waals surface area contributed by atoms with Crippen molar-refractivity contribution >= 4 is 11.3 Å². The molecule has 0 spiro atoms. The second kappa shape index (κ2) is 4.17. The summed E-state index contributed by atoms with van der Waals surface area (Å²) in [6.07, 6.45) is 3.10. The number of thiazole rings is 1. The fourth-order valence-corrected chi connectivity index (χ4v) is 2.32. The van der Waals surface area contributed by atoms with E-state index < -0.39 is 0 Å². The number of ether oxygens (including phenoxy) is 1. The molecule has 2 rings (SSSR count). The molecule has 1 fully saturated rings. The number of hydrogen-bond acceptors (Lipinski definition) is 4. The highest BCUT2D eigenvalue weighted by Gasteiger charge is 2.19. The van der Waals surface area contributed by atoms with Crippen LogP contribution in [-0.4, -0.2) is 23.3 Å². The predicted octanol–water partition coefficient (Wildman–Crippen LogP) is 1.53. The van der Waals surface area contributed by atoms with Gasteiger partial charge in [0.1, 0.15) is 6.10 Å². The summed E-state index contributed by atoms with van der Waals surface area (Å²) < 4.78 is 5.51. The van der Waals surface area contributed by atoms with Crippen molar-refractivity contribution in [2.75, 3.05) is 13.2 Å². The summed E-state index contributed by atoms with van der Waals surface area (Å²) in [5, 5.41) is 11.8. The van der Waals surface area contributed by atoms with Gasteiger partial charge in [0.2, 0.25) is 0 Å². The average molecular weight is 199 g/mol. The number of aliphatic hydroxyl groups is 1. The van der Waals surface area contributed by atoms with Crippen LogP contribution in [0.4, 0.5) is 0 Å². The number of hydrogen-bond donors (Lipinski definition) is 1. The summed E-state index contributed by atoms with van der Waals surface area (Å²) in [6, 6.07) is 0. The van der Waals surface area contributed by atoms with E-state index in [4.69, 9.17) is 9.84 Å². The maximum absolute atomic E-state index is 8.73. The molecule has 1 aromatic rings. The van der Waals surface area contributed by atoms with Crippen molar-refractivity contribution in [2.45, 2.75) is 25.4 Å². The Labute approximate surface area is 81.4 Å². The molecule has 13 heavy (non-hydrogen) atoms. The zero-order valence-corrected chi connectivity index (χ0v) is 8.22. The molecule has 1 aliphatic heterocycles. The molecule has 0 bridgehead atoms. The highest BCUT2D eigenvalue weighted by atomic mass is 32.1. The van der Waals surface area contributed by atoms with Gasteiger partial charge in [-0.1, -0.05) is 0 Å². The molecule has 0 saturated carbocycles. The van der Waals surface area contributed by atoms with Crippen molar-refractivity contribution in [3.05, 3.63) is 16.1 Å². The smallest absolute Gasteiger partial charge is 0.100 e. The topological polar surface area (TPSA) is 42.4 Å². The molecule has 2 heterocycles. The molecule has 1 N–H and O–H groups in total. The van der Waals surface area contributed by atoms with Crippen LogP contribution < -0.4 is 0 Å². The van der Waals surface area contributed by atoms with E-state index in [-0.39, 0.29) is 12.7 Å². The van der Waals surface area contributed by atoms with Gasteiger partial charge in [-0.2, -0.15) is 0 Å². The summed E-state index contributed by atoms with van der Waals surface area (Å²) in [7, 11) is 0. The molecule has 72 valence electrons. The van der Waals surface area contributed by atoms with Crippen molar-refractivity contribution in [1.82, 2.24) is 4.98 Å².